The van der Waals surface area contributed by atoms with Crippen LogP contribution in [0.25, 0.3) is 0 Å². The number of nitrogens with one attached hydrogen (secondary N) is 1. The fraction of sp³-hybridized carbons (Fsp3) is 0.500. The standard InChI is InChI=1S/C14H20N2O2S/c1-11-4-3-5-12(8-11)18-7-6-16(2)14(17)13-9-19-10-15-13/h3-5,8,13,15H,6-7,9-10H2,1-2H3. The largest absolute Gasteiger partial charge is 0.492 e. The van der Waals surface area contributed by atoms with Gasteiger partial charge in [0.2, 0.25) is 5.91 Å². The van der Waals surface area contributed by atoms with Gasteiger partial charge in [-0.05, 0) is 24.6 Å². The van der Waals surface area contributed by atoms with E-state index in [9.17, 15) is 4.79 Å². The van der Waals surface area contributed by atoms with Gasteiger partial charge in [-0.3, -0.25) is 10.1 Å². The highest BCUT2D eigenvalue weighted by Gasteiger charge is 2.25. The Morgan fingerprint density at radius 1 is 1.58 bits per heavy atom. The molecule has 1 heterocycles. The van der Waals surface area contributed by atoms with E-state index < -0.39 is 0 Å². The molecule has 0 bridgehead atoms. The van der Waals surface area contributed by atoms with Crippen LogP contribution in [0.1, 0.15) is 5.56 Å². The molecule has 1 aliphatic rings. The van der Waals surface area contributed by atoms with Crippen molar-refractivity contribution >= 4 is 17.7 Å². The second-order valence-electron chi connectivity index (χ2n) is 4.70. The molecule has 1 saturated heterocycles. The Morgan fingerprint density at radius 3 is 3.11 bits per heavy atom. The number of rotatable bonds is 5. The van der Waals surface area contributed by atoms with Crippen LogP contribution in [0.15, 0.2) is 24.3 Å². The lowest BCUT2D eigenvalue weighted by molar-refractivity contribution is -0.131. The number of hydrogen-bond donors (Lipinski definition) is 1. The van der Waals surface area contributed by atoms with E-state index in [1.165, 1.54) is 5.56 Å². The molecule has 5 heteroatoms. The minimum Gasteiger partial charge on any atom is -0.492 e. The zero-order valence-electron chi connectivity index (χ0n) is 11.4. The number of likely N-dealkylation sites (N-methyl/N-ethyl adjacent to an activating group) is 1. The summed E-state index contributed by atoms with van der Waals surface area (Å²) in [5, 5.41) is 3.18. The first-order valence-electron chi connectivity index (χ1n) is 6.42. The van der Waals surface area contributed by atoms with E-state index in [2.05, 4.69) is 5.32 Å². The van der Waals surface area contributed by atoms with E-state index >= 15 is 0 Å². The van der Waals surface area contributed by atoms with E-state index in [-0.39, 0.29) is 11.9 Å². The lowest BCUT2D eigenvalue weighted by Gasteiger charge is -2.20. The number of carbonyl (C=O) groups excluding carboxylic acids is 1. The predicted molar refractivity (Wildman–Crippen MR) is 78.6 cm³/mol. The van der Waals surface area contributed by atoms with Crippen molar-refractivity contribution in [3.05, 3.63) is 29.8 Å². The molecule has 104 valence electrons. The smallest absolute Gasteiger partial charge is 0.240 e. The highest BCUT2D eigenvalue weighted by Crippen LogP contribution is 2.13. The number of benzene rings is 1. The highest BCUT2D eigenvalue weighted by atomic mass is 32.2. The van der Waals surface area contributed by atoms with Gasteiger partial charge in [-0.15, -0.1) is 11.8 Å². The number of thioether (sulfide) groups is 1. The fourth-order valence-corrected chi connectivity index (χ4v) is 2.87. The van der Waals surface area contributed by atoms with Gasteiger partial charge in [-0.2, -0.15) is 0 Å². The Bertz CT molecular complexity index is 433. The Hall–Kier alpha value is -1.20. The van der Waals surface area contributed by atoms with Gasteiger partial charge < -0.3 is 9.64 Å². The number of amides is 1. The van der Waals surface area contributed by atoms with Gasteiger partial charge in [0.1, 0.15) is 12.4 Å². The quantitative estimate of drug-likeness (QED) is 0.887. The van der Waals surface area contributed by atoms with Crippen molar-refractivity contribution in [2.24, 2.45) is 0 Å². The lowest BCUT2D eigenvalue weighted by atomic mass is 10.2. The normalized spacial score (nSPS) is 18.3. The first-order valence-corrected chi connectivity index (χ1v) is 7.58. The van der Waals surface area contributed by atoms with Crippen LogP contribution in [0.3, 0.4) is 0 Å². The van der Waals surface area contributed by atoms with Gasteiger partial charge in [-0.25, -0.2) is 0 Å². The molecule has 4 nitrogen and oxygen atoms in total. The number of nitrogens with zero attached hydrogens (tertiary/aromatic N) is 1. The average Bonchev–Trinajstić information content (AvgIpc) is 2.91. The molecule has 1 amide bonds. The lowest BCUT2D eigenvalue weighted by Crippen LogP contribution is -2.44. The third kappa shape index (κ3) is 4.14. The summed E-state index contributed by atoms with van der Waals surface area (Å²) in [5.41, 5.74) is 1.18. The molecule has 0 aliphatic carbocycles. The van der Waals surface area contributed by atoms with Gasteiger partial charge in [0.15, 0.2) is 0 Å². The van der Waals surface area contributed by atoms with Crippen molar-refractivity contribution in [3.63, 3.8) is 0 Å². The van der Waals surface area contributed by atoms with Crippen molar-refractivity contribution in [2.45, 2.75) is 13.0 Å². The number of ether oxygens (including phenoxy) is 1. The molecule has 0 aromatic heterocycles. The fourth-order valence-electron chi connectivity index (χ4n) is 1.94. The Labute approximate surface area is 118 Å². The van der Waals surface area contributed by atoms with Gasteiger partial charge in [-0.1, -0.05) is 12.1 Å². The minimum atomic E-state index is -0.0334. The summed E-state index contributed by atoms with van der Waals surface area (Å²) in [7, 11) is 1.83. The van der Waals surface area contributed by atoms with E-state index in [1.807, 2.05) is 38.2 Å². The van der Waals surface area contributed by atoms with Gasteiger partial charge in [0.25, 0.3) is 0 Å². The second-order valence-corrected chi connectivity index (χ2v) is 5.73. The van der Waals surface area contributed by atoms with E-state index in [1.54, 1.807) is 16.7 Å². The third-order valence-corrected chi connectivity index (χ3v) is 4.02. The molecule has 1 N–H and O–H groups in total. The molecule has 0 spiro atoms. The molecule has 1 aliphatic heterocycles. The highest BCUT2D eigenvalue weighted by molar-refractivity contribution is 7.99. The summed E-state index contributed by atoms with van der Waals surface area (Å²) < 4.78 is 5.65. The molecule has 0 radical (unpaired) electrons. The van der Waals surface area contributed by atoms with E-state index in [4.69, 9.17) is 4.74 Å². The average molecular weight is 280 g/mol. The molecule has 1 unspecified atom stereocenters. The maximum absolute atomic E-state index is 12.0. The summed E-state index contributed by atoms with van der Waals surface area (Å²) in [6, 6.07) is 7.90. The summed E-state index contributed by atoms with van der Waals surface area (Å²) in [4.78, 5) is 13.8. The molecule has 19 heavy (non-hydrogen) atoms. The number of hydrogen-bond acceptors (Lipinski definition) is 4. The number of aryl methyl sites for hydroxylation is 1. The van der Waals surface area contributed by atoms with Crippen molar-refractivity contribution in [3.8, 4) is 5.75 Å². The number of carbonyl (C=O) groups is 1. The summed E-state index contributed by atoms with van der Waals surface area (Å²) in [6.45, 7) is 3.16. The van der Waals surface area contributed by atoms with Crippen LogP contribution in [0.4, 0.5) is 0 Å². The molecule has 1 aromatic carbocycles. The molecule has 1 atom stereocenters. The SMILES string of the molecule is Cc1cccc(OCCN(C)C(=O)C2CSCN2)c1. The van der Waals surface area contributed by atoms with Crippen LogP contribution in [-0.4, -0.2) is 48.7 Å². The first-order chi connectivity index (χ1) is 9.16. The van der Waals surface area contributed by atoms with Gasteiger partial charge >= 0.3 is 0 Å². The molecular formula is C14H20N2O2S. The molecule has 0 saturated carbocycles. The molecule has 1 fully saturated rings. The monoisotopic (exact) mass is 280 g/mol. The van der Waals surface area contributed by atoms with Gasteiger partial charge in [0, 0.05) is 18.7 Å². The predicted octanol–water partition coefficient (Wildman–Crippen LogP) is 1.49. The van der Waals surface area contributed by atoms with Crippen molar-refractivity contribution in [1.82, 2.24) is 10.2 Å². The summed E-state index contributed by atoms with van der Waals surface area (Å²) >= 11 is 1.76. The van der Waals surface area contributed by atoms with Crippen LogP contribution < -0.4 is 10.1 Å². The van der Waals surface area contributed by atoms with Crippen molar-refractivity contribution in [1.29, 1.82) is 0 Å². The van der Waals surface area contributed by atoms with Crippen LogP contribution in [0.5, 0.6) is 5.75 Å². The second kappa shape index (κ2) is 6.82. The maximum Gasteiger partial charge on any atom is 0.240 e. The Kier molecular flexibility index (Phi) is 5.10. The van der Waals surface area contributed by atoms with Crippen LogP contribution >= 0.6 is 11.8 Å². The third-order valence-electron chi connectivity index (χ3n) is 3.08. The first kappa shape index (κ1) is 14.2. The summed E-state index contributed by atoms with van der Waals surface area (Å²) in [5.74, 6) is 2.74. The molecular weight excluding hydrogens is 260 g/mol. The van der Waals surface area contributed by atoms with Crippen LogP contribution in [-0.2, 0) is 4.79 Å². The van der Waals surface area contributed by atoms with Crippen LogP contribution in [0.2, 0.25) is 0 Å². The zero-order valence-corrected chi connectivity index (χ0v) is 12.2. The molecule has 2 rings (SSSR count). The summed E-state index contributed by atoms with van der Waals surface area (Å²) in [6.07, 6.45) is 0. The zero-order chi connectivity index (χ0) is 13.7. The Balaban J connectivity index is 1.74. The minimum absolute atomic E-state index is 0.0334. The molecule has 1 aromatic rings. The van der Waals surface area contributed by atoms with Crippen LogP contribution in [0, 0.1) is 6.92 Å². The van der Waals surface area contributed by atoms with E-state index in [0.717, 1.165) is 17.4 Å². The maximum atomic E-state index is 12.0. The van der Waals surface area contributed by atoms with Crippen molar-refractivity contribution in [2.75, 3.05) is 31.8 Å². The van der Waals surface area contributed by atoms with E-state index in [0.29, 0.717) is 13.2 Å². The van der Waals surface area contributed by atoms with Crippen molar-refractivity contribution < 1.29 is 9.53 Å². The topological polar surface area (TPSA) is 41.6 Å². The van der Waals surface area contributed by atoms with Gasteiger partial charge in [0.05, 0.1) is 12.6 Å². The Morgan fingerprint density at radius 2 is 2.42 bits per heavy atom.